The van der Waals surface area contributed by atoms with Gasteiger partial charge >= 0.3 is 7.12 Å². The summed E-state index contributed by atoms with van der Waals surface area (Å²) in [6, 6.07) is 0. The number of hydrogen-bond donors (Lipinski definition) is 2. The SMILES string of the molecule is C=CC1CC(F)C(B(O)O)C(F)C1. The smallest absolute Gasteiger partial charge is 0.427 e. The summed E-state index contributed by atoms with van der Waals surface area (Å²) < 4.78 is 26.4. The standard InChI is InChI=1S/C8H13BF2O2/c1-2-5-3-6(10)8(9(12)13)7(11)4-5/h2,5-8,12-13H,1,3-4H2. The molecule has 74 valence electrons. The monoisotopic (exact) mass is 190 g/mol. The molecule has 0 aliphatic heterocycles. The number of hydrogen-bond acceptors (Lipinski definition) is 2. The second kappa shape index (κ2) is 4.20. The minimum absolute atomic E-state index is 0.131. The first-order valence-electron chi connectivity index (χ1n) is 4.33. The molecule has 2 N–H and O–H groups in total. The minimum Gasteiger partial charge on any atom is -0.427 e. The molecule has 0 spiro atoms. The molecule has 1 rings (SSSR count). The molecule has 2 unspecified atom stereocenters. The Bertz CT molecular complexity index is 177. The van der Waals surface area contributed by atoms with E-state index in [0.717, 1.165) is 0 Å². The normalized spacial score (nSPS) is 40.0. The van der Waals surface area contributed by atoms with Crippen molar-refractivity contribution in [1.29, 1.82) is 0 Å². The maximum absolute atomic E-state index is 13.2. The molecule has 0 aromatic rings. The zero-order valence-electron chi connectivity index (χ0n) is 7.24. The van der Waals surface area contributed by atoms with Crippen LogP contribution in [0.3, 0.4) is 0 Å². The molecule has 1 aliphatic carbocycles. The largest absolute Gasteiger partial charge is 0.460 e. The Labute approximate surface area is 76.4 Å². The Hall–Kier alpha value is -0.415. The first-order valence-corrected chi connectivity index (χ1v) is 4.33. The van der Waals surface area contributed by atoms with Gasteiger partial charge in [0.25, 0.3) is 0 Å². The summed E-state index contributed by atoms with van der Waals surface area (Å²) in [5.41, 5.74) is 0. The highest BCUT2D eigenvalue weighted by molar-refractivity contribution is 6.43. The lowest BCUT2D eigenvalue weighted by atomic mass is 9.61. The molecule has 1 saturated carbocycles. The molecule has 0 aromatic heterocycles. The van der Waals surface area contributed by atoms with Gasteiger partial charge in [-0.1, -0.05) is 6.08 Å². The molecular weight excluding hydrogens is 177 g/mol. The lowest BCUT2D eigenvalue weighted by Crippen LogP contribution is -2.40. The molecule has 2 atom stereocenters. The molecular formula is C8H13BF2O2. The van der Waals surface area contributed by atoms with Crippen LogP contribution >= 0.6 is 0 Å². The number of alkyl halides is 2. The van der Waals surface area contributed by atoms with E-state index in [-0.39, 0.29) is 18.8 Å². The van der Waals surface area contributed by atoms with Gasteiger partial charge in [0.1, 0.15) is 12.3 Å². The van der Waals surface area contributed by atoms with Crippen LogP contribution in [0.1, 0.15) is 12.8 Å². The lowest BCUT2D eigenvalue weighted by Gasteiger charge is -2.32. The Morgan fingerprint density at radius 3 is 2.00 bits per heavy atom. The Morgan fingerprint density at radius 2 is 1.69 bits per heavy atom. The third-order valence-corrected chi connectivity index (χ3v) is 2.57. The number of allylic oxidation sites excluding steroid dienone is 1. The fraction of sp³-hybridized carbons (Fsp3) is 0.750. The van der Waals surface area contributed by atoms with Crippen molar-refractivity contribution in [3.05, 3.63) is 12.7 Å². The predicted octanol–water partition coefficient (Wildman–Crippen LogP) is 1.10. The van der Waals surface area contributed by atoms with Crippen molar-refractivity contribution in [1.82, 2.24) is 0 Å². The van der Waals surface area contributed by atoms with Gasteiger partial charge in [0.2, 0.25) is 0 Å². The molecule has 0 aromatic carbocycles. The highest BCUT2D eigenvalue weighted by atomic mass is 19.1. The van der Waals surface area contributed by atoms with E-state index in [2.05, 4.69) is 6.58 Å². The van der Waals surface area contributed by atoms with E-state index < -0.39 is 25.3 Å². The van der Waals surface area contributed by atoms with Gasteiger partial charge in [0.15, 0.2) is 0 Å². The number of rotatable bonds is 2. The quantitative estimate of drug-likeness (QED) is 0.505. The third-order valence-electron chi connectivity index (χ3n) is 2.57. The van der Waals surface area contributed by atoms with Gasteiger partial charge in [-0.25, -0.2) is 8.78 Å². The molecule has 2 nitrogen and oxygen atoms in total. The molecule has 5 heteroatoms. The van der Waals surface area contributed by atoms with Crippen molar-refractivity contribution >= 4 is 7.12 Å². The van der Waals surface area contributed by atoms with E-state index in [0.29, 0.717) is 0 Å². The summed E-state index contributed by atoms with van der Waals surface area (Å²) in [6.45, 7) is 3.46. The Balaban J connectivity index is 2.64. The van der Waals surface area contributed by atoms with Crippen LogP contribution < -0.4 is 0 Å². The molecule has 1 fully saturated rings. The van der Waals surface area contributed by atoms with Crippen molar-refractivity contribution in [2.75, 3.05) is 0 Å². The van der Waals surface area contributed by atoms with Crippen LogP contribution in [0.2, 0.25) is 5.82 Å². The van der Waals surface area contributed by atoms with Crippen LogP contribution in [0.25, 0.3) is 0 Å². The molecule has 13 heavy (non-hydrogen) atoms. The van der Waals surface area contributed by atoms with Gasteiger partial charge < -0.3 is 10.0 Å². The maximum atomic E-state index is 13.2. The van der Waals surface area contributed by atoms with E-state index in [1.807, 2.05) is 0 Å². The van der Waals surface area contributed by atoms with Gasteiger partial charge in [-0.2, -0.15) is 0 Å². The van der Waals surface area contributed by atoms with Crippen LogP contribution in [0.5, 0.6) is 0 Å². The first-order chi connectivity index (χ1) is 6.06. The van der Waals surface area contributed by atoms with Crippen molar-refractivity contribution in [3.8, 4) is 0 Å². The van der Waals surface area contributed by atoms with Gasteiger partial charge in [-0.3, -0.25) is 0 Å². The van der Waals surface area contributed by atoms with E-state index in [1.165, 1.54) is 6.08 Å². The summed E-state index contributed by atoms with van der Waals surface area (Å²) in [4.78, 5) is 0. The van der Waals surface area contributed by atoms with Gasteiger partial charge in [0.05, 0.1) is 5.82 Å². The minimum atomic E-state index is -1.91. The van der Waals surface area contributed by atoms with E-state index in [9.17, 15) is 8.78 Å². The molecule has 0 bridgehead atoms. The summed E-state index contributed by atoms with van der Waals surface area (Å²) in [6.07, 6.45) is -1.21. The fourth-order valence-corrected chi connectivity index (χ4v) is 1.78. The van der Waals surface area contributed by atoms with Crippen molar-refractivity contribution in [2.24, 2.45) is 5.92 Å². The van der Waals surface area contributed by atoms with Crippen LogP contribution in [0, 0.1) is 5.92 Å². The van der Waals surface area contributed by atoms with Crippen LogP contribution in [0.4, 0.5) is 8.78 Å². The average Bonchev–Trinajstić information content (AvgIpc) is 2.02. The second-order valence-corrected chi connectivity index (χ2v) is 3.49. The molecule has 0 radical (unpaired) electrons. The third kappa shape index (κ3) is 2.28. The Kier molecular flexibility index (Phi) is 3.44. The summed E-state index contributed by atoms with van der Waals surface area (Å²) >= 11 is 0. The topological polar surface area (TPSA) is 40.5 Å². The van der Waals surface area contributed by atoms with Gasteiger partial charge in [-0.15, -0.1) is 6.58 Å². The van der Waals surface area contributed by atoms with Gasteiger partial charge in [-0.05, 0) is 18.8 Å². The average molecular weight is 190 g/mol. The molecule has 0 saturated heterocycles. The highest BCUT2D eigenvalue weighted by Gasteiger charge is 2.44. The Morgan fingerprint density at radius 1 is 1.23 bits per heavy atom. The van der Waals surface area contributed by atoms with Crippen molar-refractivity contribution in [2.45, 2.75) is 31.0 Å². The van der Waals surface area contributed by atoms with Crippen LogP contribution in [-0.2, 0) is 0 Å². The second-order valence-electron chi connectivity index (χ2n) is 3.49. The van der Waals surface area contributed by atoms with Crippen LogP contribution in [0.15, 0.2) is 12.7 Å². The summed E-state index contributed by atoms with van der Waals surface area (Å²) in [5.74, 6) is -1.49. The first kappa shape index (κ1) is 10.7. The number of halogens is 2. The lowest BCUT2D eigenvalue weighted by molar-refractivity contribution is 0.114. The fourth-order valence-electron chi connectivity index (χ4n) is 1.78. The van der Waals surface area contributed by atoms with Crippen molar-refractivity contribution < 1.29 is 18.8 Å². The molecule has 0 amide bonds. The van der Waals surface area contributed by atoms with E-state index >= 15 is 0 Å². The van der Waals surface area contributed by atoms with Crippen molar-refractivity contribution in [3.63, 3.8) is 0 Å². The van der Waals surface area contributed by atoms with E-state index in [1.54, 1.807) is 0 Å². The highest BCUT2D eigenvalue weighted by Crippen LogP contribution is 2.38. The van der Waals surface area contributed by atoms with E-state index in [4.69, 9.17) is 10.0 Å². The molecule has 1 aliphatic rings. The van der Waals surface area contributed by atoms with Gasteiger partial charge in [0, 0.05) is 0 Å². The molecule has 0 heterocycles. The zero-order valence-corrected chi connectivity index (χ0v) is 7.24. The summed E-state index contributed by atoms with van der Waals surface area (Å²) in [5, 5.41) is 17.5. The predicted molar refractivity (Wildman–Crippen MR) is 46.7 cm³/mol. The van der Waals surface area contributed by atoms with Crippen LogP contribution in [-0.4, -0.2) is 29.5 Å². The zero-order chi connectivity index (χ0) is 10.0. The summed E-state index contributed by atoms with van der Waals surface area (Å²) in [7, 11) is -1.91. The maximum Gasteiger partial charge on any atom is 0.460 e.